The van der Waals surface area contributed by atoms with Gasteiger partial charge < -0.3 is 19.3 Å². The highest BCUT2D eigenvalue weighted by Crippen LogP contribution is 2.37. The molecule has 0 aliphatic carbocycles. The summed E-state index contributed by atoms with van der Waals surface area (Å²) in [6.45, 7) is 10.2. The quantitative estimate of drug-likeness (QED) is 0.451. The Morgan fingerprint density at radius 2 is 1.17 bits per heavy atom. The van der Waals surface area contributed by atoms with Gasteiger partial charge in [-0.15, -0.1) is 0 Å². The molecule has 0 aromatic carbocycles. The minimum Gasteiger partial charge on any atom is -0.371 e. The first-order chi connectivity index (χ1) is 13.5. The van der Waals surface area contributed by atoms with Crippen LogP contribution in [0.25, 0.3) is 0 Å². The molecule has 4 aliphatic heterocycles. The first kappa shape index (κ1) is 20.1. The van der Waals surface area contributed by atoms with Gasteiger partial charge in [-0.05, 0) is 34.1 Å². The lowest BCUT2D eigenvalue weighted by atomic mass is 10.0. The molecule has 29 heavy (non-hydrogen) atoms. The van der Waals surface area contributed by atoms with Crippen LogP contribution in [0.15, 0.2) is 0 Å². The van der Waals surface area contributed by atoms with Crippen molar-refractivity contribution in [2.24, 2.45) is 0 Å². The van der Waals surface area contributed by atoms with Crippen molar-refractivity contribution in [3.63, 3.8) is 0 Å². The number of hydrogen-bond donors (Lipinski definition) is 0. The molecule has 6 amide bonds. The van der Waals surface area contributed by atoms with Crippen LogP contribution in [0.5, 0.6) is 0 Å². The molecule has 4 saturated heterocycles. The molecule has 160 valence electrons. The standard InChI is InChI=1S/C19H28N4O6/c1-6-13(22-14(24)18(2,3)20(16(22)26)7-11-9-28-11)23-15(25)19(4,5)21(17(23)27)8-12-10-29-12/h11-13H,6-10H2,1-5H3. The van der Waals surface area contributed by atoms with E-state index in [0.717, 1.165) is 9.80 Å². The summed E-state index contributed by atoms with van der Waals surface area (Å²) in [6, 6.07) is -0.991. The molecule has 4 aliphatic rings. The van der Waals surface area contributed by atoms with Crippen molar-refractivity contribution >= 4 is 23.9 Å². The van der Waals surface area contributed by atoms with E-state index in [4.69, 9.17) is 9.47 Å². The fraction of sp³-hybridized carbons (Fsp3) is 0.789. The first-order valence-electron chi connectivity index (χ1n) is 10.1. The third-order valence-electron chi connectivity index (χ3n) is 6.25. The fourth-order valence-corrected chi connectivity index (χ4v) is 4.11. The van der Waals surface area contributed by atoms with Crippen LogP contribution in [0.1, 0.15) is 41.0 Å². The molecule has 0 N–H and O–H groups in total. The van der Waals surface area contributed by atoms with Gasteiger partial charge >= 0.3 is 12.1 Å². The maximum absolute atomic E-state index is 13.2. The topological polar surface area (TPSA) is 106 Å². The Bertz CT molecular complexity index is 711. The summed E-state index contributed by atoms with van der Waals surface area (Å²) in [5, 5.41) is 0. The highest BCUT2D eigenvalue weighted by Gasteiger charge is 2.60. The number of hydrogen-bond acceptors (Lipinski definition) is 6. The predicted octanol–water partition coefficient (Wildman–Crippen LogP) is 0.606. The van der Waals surface area contributed by atoms with Crippen molar-refractivity contribution in [3.05, 3.63) is 0 Å². The number of imide groups is 2. The van der Waals surface area contributed by atoms with Crippen molar-refractivity contribution in [3.8, 4) is 0 Å². The van der Waals surface area contributed by atoms with Gasteiger partial charge in [-0.1, -0.05) is 6.92 Å². The predicted molar refractivity (Wildman–Crippen MR) is 99.6 cm³/mol. The molecule has 10 nitrogen and oxygen atoms in total. The first-order valence-corrected chi connectivity index (χ1v) is 10.1. The monoisotopic (exact) mass is 408 g/mol. The molecule has 10 heteroatoms. The van der Waals surface area contributed by atoms with Gasteiger partial charge in [-0.2, -0.15) is 0 Å². The number of urea groups is 2. The number of carbonyl (C=O) groups excluding carboxylic acids is 4. The highest BCUT2D eigenvalue weighted by molar-refractivity contribution is 6.10. The second-order valence-electron chi connectivity index (χ2n) is 9.05. The Labute approximate surface area is 169 Å². The van der Waals surface area contributed by atoms with Crippen LogP contribution < -0.4 is 0 Å². The maximum atomic E-state index is 13.2. The lowest BCUT2D eigenvalue weighted by Gasteiger charge is -2.31. The highest BCUT2D eigenvalue weighted by atomic mass is 16.6. The van der Waals surface area contributed by atoms with Crippen LogP contribution in [-0.2, 0) is 19.1 Å². The number of nitrogens with zero attached hydrogens (tertiary/aromatic N) is 4. The maximum Gasteiger partial charge on any atom is 0.329 e. The van der Waals surface area contributed by atoms with Crippen LogP contribution in [0, 0.1) is 0 Å². The van der Waals surface area contributed by atoms with E-state index in [1.807, 2.05) is 0 Å². The summed E-state index contributed by atoms with van der Waals surface area (Å²) in [7, 11) is 0. The number of carbonyl (C=O) groups is 4. The van der Waals surface area contributed by atoms with Gasteiger partial charge in [0.1, 0.15) is 17.2 Å². The number of amides is 6. The molecule has 0 radical (unpaired) electrons. The number of epoxide rings is 2. The molecule has 4 fully saturated rings. The van der Waals surface area contributed by atoms with Gasteiger partial charge in [-0.3, -0.25) is 9.59 Å². The Morgan fingerprint density at radius 1 is 0.828 bits per heavy atom. The molecule has 0 aromatic heterocycles. The summed E-state index contributed by atoms with van der Waals surface area (Å²) in [5.41, 5.74) is -2.14. The summed E-state index contributed by atoms with van der Waals surface area (Å²) >= 11 is 0. The van der Waals surface area contributed by atoms with Gasteiger partial charge in [0.25, 0.3) is 11.8 Å². The van der Waals surface area contributed by atoms with E-state index >= 15 is 0 Å². The Hall–Kier alpha value is -2.20. The molecule has 0 aromatic rings. The molecule has 0 spiro atoms. The summed E-state index contributed by atoms with van der Waals surface area (Å²) < 4.78 is 10.5. The van der Waals surface area contributed by atoms with Crippen LogP contribution in [-0.4, -0.2) is 99.2 Å². The van der Waals surface area contributed by atoms with Crippen LogP contribution in [0.3, 0.4) is 0 Å². The SMILES string of the molecule is CCC(N1C(=O)N(CC2CO2)C(C)(C)C1=O)N1C(=O)N(CC2CO2)C(C)(C)C1=O. The molecule has 0 saturated carbocycles. The summed E-state index contributed by atoms with van der Waals surface area (Å²) in [6.07, 6.45) is -0.866. The van der Waals surface area contributed by atoms with Crippen LogP contribution in [0.4, 0.5) is 9.59 Å². The molecule has 0 bridgehead atoms. The molecular formula is C19H28N4O6. The minimum atomic E-state index is -1.07. The largest absolute Gasteiger partial charge is 0.371 e. The van der Waals surface area contributed by atoms with E-state index in [0.29, 0.717) is 26.3 Å². The average Bonchev–Trinajstić information content (AvgIpc) is 3.55. The van der Waals surface area contributed by atoms with E-state index in [1.165, 1.54) is 9.80 Å². The zero-order valence-corrected chi connectivity index (χ0v) is 17.5. The Kier molecular flexibility index (Phi) is 4.43. The third kappa shape index (κ3) is 3.00. The van der Waals surface area contributed by atoms with Crippen LogP contribution >= 0.6 is 0 Å². The van der Waals surface area contributed by atoms with Crippen LogP contribution in [0.2, 0.25) is 0 Å². The van der Waals surface area contributed by atoms with E-state index in [2.05, 4.69) is 0 Å². The fourth-order valence-electron chi connectivity index (χ4n) is 4.11. The van der Waals surface area contributed by atoms with Crippen molar-refractivity contribution in [1.29, 1.82) is 0 Å². The lowest BCUT2D eigenvalue weighted by molar-refractivity contribution is -0.140. The van der Waals surface area contributed by atoms with Gasteiger partial charge in [0.05, 0.1) is 38.5 Å². The van der Waals surface area contributed by atoms with E-state index in [1.54, 1.807) is 34.6 Å². The zero-order valence-electron chi connectivity index (χ0n) is 17.5. The Morgan fingerprint density at radius 3 is 1.45 bits per heavy atom. The molecule has 4 heterocycles. The molecule has 2 atom stereocenters. The van der Waals surface area contributed by atoms with Gasteiger partial charge in [0.15, 0.2) is 0 Å². The average molecular weight is 408 g/mol. The molecule has 2 unspecified atom stereocenters. The second kappa shape index (κ2) is 6.40. The van der Waals surface area contributed by atoms with E-state index in [9.17, 15) is 19.2 Å². The van der Waals surface area contributed by atoms with Gasteiger partial charge in [0, 0.05) is 0 Å². The van der Waals surface area contributed by atoms with Gasteiger partial charge in [0.2, 0.25) is 0 Å². The third-order valence-corrected chi connectivity index (χ3v) is 6.25. The van der Waals surface area contributed by atoms with Crippen molar-refractivity contribution in [1.82, 2.24) is 19.6 Å². The number of rotatable bonds is 7. The minimum absolute atomic E-state index is 0.0749. The summed E-state index contributed by atoms with van der Waals surface area (Å²) in [5.74, 6) is -0.838. The van der Waals surface area contributed by atoms with E-state index in [-0.39, 0.29) is 18.6 Å². The van der Waals surface area contributed by atoms with Gasteiger partial charge in [-0.25, -0.2) is 19.4 Å². The zero-order chi connectivity index (χ0) is 21.3. The van der Waals surface area contributed by atoms with E-state index < -0.39 is 41.1 Å². The smallest absolute Gasteiger partial charge is 0.329 e. The molecule has 4 rings (SSSR count). The lowest BCUT2D eigenvalue weighted by Crippen LogP contribution is -2.54. The van der Waals surface area contributed by atoms with Crippen molar-refractivity contribution in [2.75, 3.05) is 26.3 Å². The second-order valence-corrected chi connectivity index (χ2v) is 9.05. The Balaban J connectivity index is 1.64. The number of ether oxygens (including phenoxy) is 2. The van der Waals surface area contributed by atoms with Crippen molar-refractivity contribution < 1.29 is 28.7 Å². The van der Waals surface area contributed by atoms with Crippen molar-refractivity contribution in [2.45, 2.75) is 70.5 Å². The normalized spacial score (nSPS) is 31.2. The summed E-state index contributed by atoms with van der Waals surface area (Å²) in [4.78, 5) is 57.9. The molecular weight excluding hydrogens is 380 g/mol.